The molecule has 1 unspecified atom stereocenters. The van der Waals surface area contributed by atoms with Crippen LogP contribution in [0.1, 0.15) is 20.3 Å². The van der Waals surface area contributed by atoms with Gasteiger partial charge in [-0.3, -0.25) is 0 Å². The molecular formula is C13H20N2O. The van der Waals surface area contributed by atoms with Crippen LogP contribution in [0.25, 0.3) is 0 Å². The molecule has 0 bridgehead atoms. The number of hydrogen-bond acceptors (Lipinski definition) is 3. The van der Waals surface area contributed by atoms with E-state index in [1.165, 1.54) is 0 Å². The van der Waals surface area contributed by atoms with Gasteiger partial charge in [0, 0.05) is 18.1 Å². The molecule has 1 heterocycles. The monoisotopic (exact) mass is 220 g/mol. The van der Waals surface area contributed by atoms with Gasteiger partial charge in [0.25, 0.3) is 0 Å². The lowest BCUT2D eigenvalue weighted by atomic mass is 10.0. The van der Waals surface area contributed by atoms with Crippen molar-refractivity contribution in [1.82, 2.24) is 5.32 Å². The van der Waals surface area contributed by atoms with E-state index in [4.69, 9.17) is 4.74 Å². The lowest BCUT2D eigenvalue weighted by Crippen LogP contribution is -2.31. The van der Waals surface area contributed by atoms with Crippen LogP contribution in [-0.4, -0.2) is 25.2 Å². The van der Waals surface area contributed by atoms with Crippen LogP contribution in [0.3, 0.4) is 0 Å². The van der Waals surface area contributed by atoms with Gasteiger partial charge in [-0.05, 0) is 32.4 Å². The quantitative estimate of drug-likeness (QED) is 0.819. The third kappa shape index (κ3) is 2.47. The molecular weight excluding hydrogens is 200 g/mol. The Kier molecular flexibility index (Phi) is 3.06. The molecule has 0 spiro atoms. The largest absolute Gasteiger partial charge is 0.495 e. The Hall–Kier alpha value is -1.22. The molecule has 1 aromatic carbocycles. The average molecular weight is 220 g/mol. The highest BCUT2D eigenvalue weighted by molar-refractivity contribution is 5.56. The molecule has 3 nitrogen and oxygen atoms in total. The summed E-state index contributed by atoms with van der Waals surface area (Å²) in [6, 6.07) is 8.53. The molecule has 2 N–H and O–H groups in total. The molecule has 1 aliphatic heterocycles. The van der Waals surface area contributed by atoms with Crippen molar-refractivity contribution in [3.8, 4) is 5.75 Å². The second-order valence-electron chi connectivity index (χ2n) is 5.01. The summed E-state index contributed by atoms with van der Waals surface area (Å²) in [5, 5.41) is 7.03. The second kappa shape index (κ2) is 4.34. The zero-order chi connectivity index (χ0) is 11.6. The molecule has 16 heavy (non-hydrogen) atoms. The number of rotatable bonds is 3. The van der Waals surface area contributed by atoms with Gasteiger partial charge >= 0.3 is 0 Å². The van der Waals surface area contributed by atoms with Crippen molar-refractivity contribution < 1.29 is 4.74 Å². The molecule has 3 heteroatoms. The van der Waals surface area contributed by atoms with Crippen LogP contribution in [0.2, 0.25) is 0 Å². The third-order valence-corrected chi connectivity index (χ3v) is 3.05. The van der Waals surface area contributed by atoms with E-state index in [0.717, 1.165) is 24.4 Å². The molecule has 1 atom stereocenters. The first-order valence-electron chi connectivity index (χ1n) is 5.75. The van der Waals surface area contributed by atoms with Gasteiger partial charge in [0.1, 0.15) is 5.75 Å². The Labute approximate surface area is 97.2 Å². The number of para-hydroxylation sites is 2. The zero-order valence-corrected chi connectivity index (χ0v) is 10.2. The Balaban J connectivity index is 2.04. The number of benzene rings is 1. The predicted octanol–water partition coefficient (Wildman–Crippen LogP) is 2.25. The lowest BCUT2D eigenvalue weighted by molar-refractivity contribution is 0.415. The van der Waals surface area contributed by atoms with Crippen molar-refractivity contribution in [2.75, 3.05) is 19.0 Å². The molecule has 1 fully saturated rings. The predicted molar refractivity (Wildman–Crippen MR) is 67.1 cm³/mol. The highest BCUT2D eigenvalue weighted by atomic mass is 16.5. The van der Waals surface area contributed by atoms with Gasteiger partial charge in [-0.1, -0.05) is 12.1 Å². The molecule has 1 saturated heterocycles. The molecule has 0 saturated carbocycles. The number of anilines is 1. The van der Waals surface area contributed by atoms with E-state index in [-0.39, 0.29) is 5.54 Å². The summed E-state index contributed by atoms with van der Waals surface area (Å²) in [5.41, 5.74) is 1.31. The topological polar surface area (TPSA) is 33.3 Å². The SMILES string of the molecule is COc1ccccc1NC1CNC(C)(C)C1. The Morgan fingerprint density at radius 1 is 1.38 bits per heavy atom. The van der Waals surface area contributed by atoms with E-state index in [1.807, 2.05) is 18.2 Å². The van der Waals surface area contributed by atoms with Gasteiger partial charge in [-0.25, -0.2) is 0 Å². The maximum Gasteiger partial charge on any atom is 0.141 e. The van der Waals surface area contributed by atoms with Crippen LogP contribution < -0.4 is 15.4 Å². The van der Waals surface area contributed by atoms with Crippen LogP contribution in [-0.2, 0) is 0 Å². The fraction of sp³-hybridized carbons (Fsp3) is 0.538. The second-order valence-corrected chi connectivity index (χ2v) is 5.01. The first-order chi connectivity index (χ1) is 7.61. The molecule has 0 radical (unpaired) electrons. The van der Waals surface area contributed by atoms with Crippen LogP contribution in [0.15, 0.2) is 24.3 Å². The minimum Gasteiger partial charge on any atom is -0.495 e. The van der Waals surface area contributed by atoms with Crippen LogP contribution in [0, 0.1) is 0 Å². The Bertz CT molecular complexity index is 363. The van der Waals surface area contributed by atoms with Crippen molar-refractivity contribution in [2.24, 2.45) is 0 Å². The molecule has 1 aromatic rings. The molecule has 88 valence electrons. The Morgan fingerprint density at radius 3 is 2.75 bits per heavy atom. The van der Waals surface area contributed by atoms with Crippen LogP contribution >= 0.6 is 0 Å². The first-order valence-corrected chi connectivity index (χ1v) is 5.75. The van der Waals surface area contributed by atoms with Crippen molar-refractivity contribution >= 4 is 5.69 Å². The highest BCUT2D eigenvalue weighted by Crippen LogP contribution is 2.27. The number of ether oxygens (including phenoxy) is 1. The van der Waals surface area contributed by atoms with E-state index < -0.39 is 0 Å². The summed E-state index contributed by atoms with van der Waals surface area (Å²) in [7, 11) is 1.71. The molecule has 1 aliphatic rings. The fourth-order valence-electron chi connectivity index (χ4n) is 2.25. The number of nitrogens with one attached hydrogen (secondary N) is 2. The Morgan fingerprint density at radius 2 is 2.12 bits per heavy atom. The van der Waals surface area contributed by atoms with E-state index in [0.29, 0.717) is 6.04 Å². The van der Waals surface area contributed by atoms with E-state index in [9.17, 15) is 0 Å². The molecule has 0 aliphatic carbocycles. The van der Waals surface area contributed by atoms with E-state index in [2.05, 4.69) is 30.5 Å². The normalized spacial score (nSPS) is 23.1. The van der Waals surface area contributed by atoms with Crippen molar-refractivity contribution in [2.45, 2.75) is 31.8 Å². The summed E-state index contributed by atoms with van der Waals surface area (Å²) in [6.07, 6.45) is 1.13. The van der Waals surface area contributed by atoms with Crippen molar-refractivity contribution in [3.05, 3.63) is 24.3 Å². The fourth-order valence-corrected chi connectivity index (χ4v) is 2.25. The van der Waals surface area contributed by atoms with Crippen molar-refractivity contribution in [3.63, 3.8) is 0 Å². The van der Waals surface area contributed by atoms with Crippen molar-refractivity contribution in [1.29, 1.82) is 0 Å². The van der Waals surface area contributed by atoms with E-state index >= 15 is 0 Å². The molecule has 2 rings (SSSR count). The van der Waals surface area contributed by atoms with Gasteiger partial charge < -0.3 is 15.4 Å². The summed E-state index contributed by atoms with van der Waals surface area (Å²) in [6.45, 7) is 5.47. The van der Waals surface area contributed by atoms with Gasteiger partial charge in [-0.15, -0.1) is 0 Å². The molecule has 0 amide bonds. The van der Waals surface area contributed by atoms with Gasteiger partial charge in [0.2, 0.25) is 0 Å². The van der Waals surface area contributed by atoms with Crippen LogP contribution in [0.5, 0.6) is 5.75 Å². The maximum atomic E-state index is 5.32. The summed E-state index contributed by atoms with van der Waals surface area (Å²) in [4.78, 5) is 0. The van der Waals surface area contributed by atoms with Gasteiger partial charge in [-0.2, -0.15) is 0 Å². The van der Waals surface area contributed by atoms with Gasteiger partial charge in [0.15, 0.2) is 0 Å². The van der Waals surface area contributed by atoms with Crippen LogP contribution in [0.4, 0.5) is 5.69 Å². The van der Waals surface area contributed by atoms with Gasteiger partial charge in [0.05, 0.1) is 12.8 Å². The smallest absolute Gasteiger partial charge is 0.141 e. The standard InChI is InChI=1S/C13H20N2O/c1-13(2)8-10(9-14-13)15-11-6-4-5-7-12(11)16-3/h4-7,10,14-15H,8-9H2,1-3H3. The number of hydrogen-bond donors (Lipinski definition) is 2. The highest BCUT2D eigenvalue weighted by Gasteiger charge is 2.30. The third-order valence-electron chi connectivity index (χ3n) is 3.05. The maximum absolute atomic E-state index is 5.32. The summed E-state index contributed by atoms with van der Waals surface area (Å²) in [5.74, 6) is 0.909. The first kappa shape index (κ1) is 11.3. The zero-order valence-electron chi connectivity index (χ0n) is 10.2. The number of methoxy groups -OCH3 is 1. The lowest BCUT2D eigenvalue weighted by Gasteiger charge is -2.19. The average Bonchev–Trinajstić information content (AvgIpc) is 2.59. The summed E-state index contributed by atoms with van der Waals surface area (Å²) < 4.78 is 5.32. The molecule has 0 aromatic heterocycles. The summed E-state index contributed by atoms with van der Waals surface area (Å²) >= 11 is 0. The minimum absolute atomic E-state index is 0.236. The minimum atomic E-state index is 0.236. The van der Waals surface area contributed by atoms with E-state index in [1.54, 1.807) is 7.11 Å².